The van der Waals surface area contributed by atoms with Gasteiger partial charge in [-0.3, -0.25) is 0 Å². The number of halogens is 2. The number of benzene rings is 2. The van der Waals surface area contributed by atoms with Gasteiger partial charge < -0.3 is 15.2 Å². The monoisotopic (exact) mass is 333 g/mol. The molecule has 4 nitrogen and oxygen atoms in total. The number of anilines is 2. The Kier molecular flexibility index (Phi) is 3.96. The Morgan fingerprint density at radius 3 is 2.36 bits per heavy atom. The molecule has 0 saturated carbocycles. The molecule has 0 fully saturated rings. The average Bonchev–Trinajstić information content (AvgIpc) is 2.84. The van der Waals surface area contributed by atoms with E-state index in [1.165, 1.54) is 0 Å². The normalized spacial score (nSPS) is 10.7. The van der Waals surface area contributed by atoms with Crippen LogP contribution in [0.25, 0.3) is 10.9 Å². The van der Waals surface area contributed by atoms with Gasteiger partial charge >= 0.3 is 6.03 Å². The van der Waals surface area contributed by atoms with Crippen LogP contribution in [0.4, 0.5) is 16.2 Å². The van der Waals surface area contributed by atoms with Crippen molar-refractivity contribution in [3.05, 3.63) is 58.7 Å². The number of hydrogen-bond donors (Lipinski definition) is 2. The molecule has 0 spiro atoms. The minimum Gasteiger partial charge on any atom is -0.351 e. The molecule has 2 amide bonds. The first-order valence-corrected chi connectivity index (χ1v) is 7.37. The van der Waals surface area contributed by atoms with Crippen molar-refractivity contribution >= 4 is 51.5 Å². The molecular weight excluding hydrogens is 321 g/mol. The average molecular weight is 334 g/mol. The van der Waals surface area contributed by atoms with Crippen molar-refractivity contribution in [2.24, 2.45) is 7.05 Å². The van der Waals surface area contributed by atoms with Crippen molar-refractivity contribution in [3.63, 3.8) is 0 Å². The minimum absolute atomic E-state index is 0.339. The summed E-state index contributed by atoms with van der Waals surface area (Å²) in [5, 5.41) is 7.41. The summed E-state index contributed by atoms with van der Waals surface area (Å²) in [5.41, 5.74) is 2.40. The van der Waals surface area contributed by atoms with Gasteiger partial charge in [0, 0.05) is 35.5 Å². The topological polar surface area (TPSA) is 46.1 Å². The summed E-state index contributed by atoms with van der Waals surface area (Å²) in [6, 6.07) is 12.3. The van der Waals surface area contributed by atoms with E-state index in [4.69, 9.17) is 23.2 Å². The summed E-state index contributed by atoms with van der Waals surface area (Å²) >= 11 is 11.8. The number of aryl methyl sites for hydroxylation is 1. The molecule has 0 atom stereocenters. The zero-order valence-corrected chi connectivity index (χ0v) is 13.2. The maximum absolute atomic E-state index is 12.0. The SMILES string of the molecule is Cn1ccc2cc(NC(=O)Nc3ccc(Cl)c(Cl)c3)ccc21. The number of urea groups is 1. The number of carbonyl (C=O) groups is 1. The number of nitrogens with one attached hydrogen (secondary N) is 2. The van der Waals surface area contributed by atoms with E-state index in [0.717, 1.165) is 16.6 Å². The van der Waals surface area contributed by atoms with Crippen molar-refractivity contribution in [2.45, 2.75) is 0 Å². The van der Waals surface area contributed by atoms with Crippen LogP contribution in [0.2, 0.25) is 10.0 Å². The highest BCUT2D eigenvalue weighted by Gasteiger charge is 2.06. The molecule has 0 aliphatic carbocycles. The summed E-state index contributed by atoms with van der Waals surface area (Å²) in [7, 11) is 1.98. The summed E-state index contributed by atoms with van der Waals surface area (Å²) in [4.78, 5) is 12.0. The van der Waals surface area contributed by atoms with Gasteiger partial charge in [0.25, 0.3) is 0 Å². The van der Waals surface area contributed by atoms with Gasteiger partial charge in [-0.1, -0.05) is 23.2 Å². The fourth-order valence-corrected chi connectivity index (χ4v) is 2.52. The summed E-state index contributed by atoms with van der Waals surface area (Å²) < 4.78 is 2.02. The number of hydrogen-bond acceptors (Lipinski definition) is 1. The molecule has 0 bridgehead atoms. The Labute approximate surface area is 137 Å². The predicted octanol–water partition coefficient (Wildman–Crippen LogP) is 5.13. The fourth-order valence-electron chi connectivity index (χ4n) is 2.23. The van der Waals surface area contributed by atoms with Crippen LogP contribution < -0.4 is 10.6 Å². The van der Waals surface area contributed by atoms with Gasteiger partial charge in [-0.2, -0.15) is 0 Å². The molecule has 0 saturated heterocycles. The second-order valence-corrected chi connectivity index (χ2v) is 5.72. The largest absolute Gasteiger partial charge is 0.351 e. The summed E-state index contributed by atoms with van der Waals surface area (Å²) in [6.45, 7) is 0. The summed E-state index contributed by atoms with van der Waals surface area (Å²) in [5.74, 6) is 0. The lowest BCUT2D eigenvalue weighted by Crippen LogP contribution is -2.19. The van der Waals surface area contributed by atoms with Crippen LogP contribution in [0.3, 0.4) is 0 Å². The Hall–Kier alpha value is -2.17. The number of carbonyl (C=O) groups excluding carboxylic acids is 1. The molecule has 1 aromatic heterocycles. The van der Waals surface area contributed by atoms with Gasteiger partial charge in [0.1, 0.15) is 0 Å². The minimum atomic E-state index is -0.339. The highest BCUT2D eigenvalue weighted by atomic mass is 35.5. The van der Waals surface area contributed by atoms with Gasteiger partial charge in [0.15, 0.2) is 0 Å². The molecule has 0 aliphatic heterocycles. The molecule has 1 heterocycles. The Morgan fingerprint density at radius 2 is 1.64 bits per heavy atom. The number of rotatable bonds is 2. The first-order chi connectivity index (χ1) is 10.5. The Bertz CT molecular complexity index is 858. The van der Waals surface area contributed by atoms with Crippen molar-refractivity contribution in [3.8, 4) is 0 Å². The molecule has 3 aromatic rings. The highest BCUT2D eigenvalue weighted by molar-refractivity contribution is 6.42. The van der Waals surface area contributed by atoms with Crippen LogP contribution in [0.15, 0.2) is 48.7 Å². The van der Waals surface area contributed by atoms with E-state index in [0.29, 0.717) is 15.7 Å². The van der Waals surface area contributed by atoms with Crippen LogP contribution in [-0.2, 0) is 7.05 Å². The zero-order valence-electron chi connectivity index (χ0n) is 11.7. The van der Waals surface area contributed by atoms with Gasteiger partial charge in [-0.15, -0.1) is 0 Å². The lowest BCUT2D eigenvalue weighted by Gasteiger charge is -2.09. The predicted molar refractivity (Wildman–Crippen MR) is 92.0 cm³/mol. The number of nitrogens with zero attached hydrogens (tertiary/aromatic N) is 1. The molecule has 112 valence electrons. The lowest BCUT2D eigenvalue weighted by molar-refractivity contribution is 0.262. The number of amides is 2. The molecule has 3 rings (SSSR count). The molecule has 22 heavy (non-hydrogen) atoms. The molecule has 2 aromatic carbocycles. The zero-order chi connectivity index (χ0) is 15.7. The fraction of sp³-hybridized carbons (Fsp3) is 0.0625. The first kappa shape index (κ1) is 14.8. The third kappa shape index (κ3) is 3.03. The second kappa shape index (κ2) is 5.91. The number of fused-ring (bicyclic) bond motifs is 1. The van der Waals surface area contributed by atoms with Gasteiger partial charge in [0.05, 0.1) is 10.0 Å². The van der Waals surface area contributed by atoms with E-state index >= 15 is 0 Å². The molecule has 0 aliphatic rings. The smallest absolute Gasteiger partial charge is 0.323 e. The van der Waals surface area contributed by atoms with E-state index < -0.39 is 0 Å². The standard InChI is InChI=1S/C16H13Cl2N3O/c1-21-7-6-10-8-11(3-5-15(10)21)19-16(22)20-12-2-4-13(17)14(18)9-12/h2-9H,1H3,(H2,19,20,22). The molecule has 0 unspecified atom stereocenters. The number of aromatic nitrogens is 1. The maximum atomic E-state index is 12.0. The van der Waals surface area contributed by atoms with Gasteiger partial charge in [0.2, 0.25) is 0 Å². The Balaban J connectivity index is 1.73. The van der Waals surface area contributed by atoms with E-state index in [-0.39, 0.29) is 6.03 Å². The third-order valence-corrected chi connectivity index (χ3v) is 4.06. The van der Waals surface area contributed by atoms with Crippen LogP contribution in [-0.4, -0.2) is 10.6 Å². The van der Waals surface area contributed by atoms with E-state index in [1.807, 2.05) is 42.1 Å². The van der Waals surface area contributed by atoms with E-state index in [9.17, 15) is 4.79 Å². The van der Waals surface area contributed by atoms with E-state index in [2.05, 4.69) is 10.6 Å². The molecule has 6 heteroatoms. The first-order valence-electron chi connectivity index (χ1n) is 6.61. The molecule has 2 N–H and O–H groups in total. The van der Waals surface area contributed by atoms with Crippen LogP contribution in [0, 0.1) is 0 Å². The molecular formula is C16H13Cl2N3O. The van der Waals surface area contributed by atoms with Crippen molar-refractivity contribution < 1.29 is 4.79 Å². The van der Waals surface area contributed by atoms with Gasteiger partial charge in [-0.25, -0.2) is 4.79 Å². The third-order valence-electron chi connectivity index (χ3n) is 3.32. The maximum Gasteiger partial charge on any atom is 0.323 e. The Morgan fingerprint density at radius 1 is 0.955 bits per heavy atom. The van der Waals surface area contributed by atoms with Crippen molar-refractivity contribution in [1.29, 1.82) is 0 Å². The van der Waals surface area contributed by atoms with Crippen molar-refractivity contribution in [2.75, 3.05) is 10.6 Å². The highest BCUT2D eigenvalue weighted by Crippen LogP contribution is 2.25. The van der Waals surface area contributed by atoms with Gasteiger partial charge in [-0.05, 0) is 42.5 Å². The van der Waals surface area contributed by atoms with Crippen LogP contribution in [0.5, 0.6) is 0 Å². The lowest BCUT2D eigenvalue weighted by atomic mass is 10.2. The van der Waals surface area contributed by atoms with Crippen LogP contribution in [0.1, 0.15) is 0 Å². The van der Waals surface area contributed by atoms with Crippen LogP contribution >= 0.6 is 23.2 Å². The quantitative estimate of drug-likeness (QED) is 0.670. The van der Waals surface area contributed by atoms with E-state index in [1.54, 1.807) is 18.2 Å². The second-order valence-electron chi connectivity index (χ2n) is 4.91. The molecule has 0 radical (unpaired) electrons. The van der Waals surface area contributed by atoms with Crippen molar-refractivity contribution in [1.82, 2.24) is 4.57 Å². The summed E-state index contributed by atoms with van der Waals surface area (Å²) in [6.07, 6.45) is 1.98.